The fraction of sp³-hybridized carbons (Fsp3) is 0.714. The number of amides is 1. The molecule has 0 aromatic rings. The molecule has 0 aromatic heterocycles. The van der Waals surface area contributed by atoms with Crippen LogP contribution in [0.4, 0.5) is 4.79 Å². The molecule has 1 heterocycles. The summed E-state index contributed by atoms with van der Waals surface area (Å²) in [5, 5.41) is 26.1. The van der Waals surface area contributed by atoms with Crippen molar-refractivity contribution in [2.45, 2.75) is 25.0 Å². The number of carboxylic acid groups (broad SMARTS) is 1. The lowest BCUT2D eigenvalue weighted by Crippen LogP contribution is -2.34. The summed E-state index contributed by atoms with van der Waals surface area (Å²) in [5.74, 6) is 0. The Kier molecular flexibility index (Phi) is 2.51. The van der Waals surface area contributed by atoms with Crippen molar-refractivity contribution in [2.24, 2.45) is 0 Å². The van der Waals surface area contributed by atoms with E-state index in [0.29, 0.717) is 6.42 Å². The number of aliphatic hydroxyl groups excluding tert-OH is 1. The zero-order chi connectivity index (χ0) is 9.14. The van der Waals surface area contributed by atoms with Gasteiger partial charge < -0.3 is 15.1 Å². The van der Waals surface area contributed by atoms with Gasteiger partial charge in [0, 0.05) is 0 Å². The SMILES string of the molecule is N#CC[C@@H]1C[C@@H](O)CN1C(=O)O. The van der Waals surface area contributed by atoms with Crippen molar-refractivity contribution < 1.29 is 15.0 Å². The van der Waals surface area contributed by atoms with Crippen molar-refractivity contribution in [1.82, 2.24) is 4.90 Å². The number of carbonyl (C=O) groups is 1. The van der Waals surface area contributed by atoms with Gasteiger partial charge in [0.1, 0.15) is 0 Å². The monoisotopic (exact) mass is 170 g/mol. The highest BCUT2D eigenvalue weighted by Gasteiger charge is 2.33. The highest BCUT2D eigenvalue weighted by atomic mass is 16.4. The molecule has 2 atom stereocenters. The van der Waals surface area contributed by atoms with Crippen molar-refractivity contribution in [3.05, 3.63) is 0 Å². The van der Waals surface area contributed by atoms with Crippen LogP contribution in [0.15, 0.2) is 0 Å². The van der Waals surface area contributed by atoms with Gasteiger partial charge in [0.2, 0.25) is 0 Å². The zero-order valence-electron chi connectivity index (χ0n) is 6.47. The summed E-state index contributed by atoms with van der Waals surface area (Å²) in [4.78, 5) is 11.7. The number of hydrogen-bond donors (Lipinski definition) is 2. The van der Waals surface area contributed by atoms with E-state index in [2.05, 4.69) is 0 Å². The number of aliphatic hydroxyl groups is 1. The second-order valence-electron chi connectivity index (χ2n) is 2.84. The molecule has 1 aliphatic heterocycles. The number of rotatable bonds is 1. The maximum Gasteiger partial charge on any atom is 0.407 e. The summed E-state index contributed by atoms with van der Waals surface area (Å²) in [6, 6.07) is 1.57. The van der Waals surface area contributed by atoms with Gasteiger partial charge in [-0.2, -0.15) is 5.26 Å². The first-order chi connectivity index (χ1) is 5.65. The van der Waals surface area contributed by atoms with Gasteiger partial charge in [-0.25, -0.2) is 4.79 Å². The zero-order valence-corrected chi connectivity index (χ0v) is 6.47. The summed E-state index contributed by atoms with van der Waals surface area (Å²) >= 11 is 0. The van der Waals surface area contributed by atoms with E-state index in [9.17, 15) is 4.79 Å². The molecular formula is C7H10N2O3. The Hall–Kier alpha value is -1.28. The van der Waals surface area contributed by atoms with Crippen LogP contribution in [0, 0.1) is 11.3 Å². The van der Waals surface area contributed by atoms with Crippen LogP contribution in [0.2, 0.25) is 0 Å². The summed E-state index contributed by atoms with van der Waals surface area (Å²) in [6.07, 6.45) is -1.14. The van der Waals surface area contributed by atoms with Crippen molar-refractivity contribution in [1.29, 1.82) is 5.26 Å². The van der Waals surface area contributed by atoms with Gasteiger partial charge in [-0.05, 0) is 6.42 Å². The van der Waals surface area contributed by atoms with Crippen LogP contribution in [0.1, 0.15) is 12.8 Å². The summed E-state index contributed by atoms with van der Waals surface area (Å²) in [5.41, 5.74) is 0. The predicted molar refractivity (Wildman–Crippen MR) is 39.4 cm³/mol. The van der Waals surface area contributed by atoms with Crippen LogP contribution in [-0.4, -0.2) is 39.9 Å². The molecule has 0 aromatic carbocycles. The van der Waals surface area contributed by atoms with Crippen LogP contribution in [0.3, 0.4) is 0 Å². The number of β-amino-alcohol motifs (C(OH)–C–C–N with tert-alkyl or cyclic N) is 1. The van der Waals surface area contributed by atoms with E-state index in [1.54, 1.807) is 0 Å². The third-order valence-corrected chi connectivity index (χ3v) is 1.96. The van der Waals surface area contributed by atoms with E-state index in [4.69, 9.17) is 15.5 Å². The van der Waals surface area contributed by atoms with E-state index in [1.165, 1.54) is 0 Å². The van der Waals surface area contributed by atoms with Crippen molar-refractivity contribution >= 4 is 6.09 Å². The summed E-state index contributed by atoms with van der Waals surface area (Å²) in [7, 11) is 0. The standard InChI is InChI=1S/C7H10N2O3/c8-2-1-5-3-6(10)4-9(5)7(11)12/h5-6,10H,1,3-4H2,(H,11,12)/t5-,6-/m1/s1. The smallest absolute Gasteiger partial charge is 0.407 e. The van der Waals surface area contributed by atoms with Gasteiger partial charge in [-0.3, -0.25) is 0 Å². The minimum absolute atomic E-state index is 0.127. The van der Waals surface area contributed by atoms with Crippen molar-refractivity contribution in [3.8, 4) is 6.07 Å². The van der Waals surface area contributed by atoms with Crippen LogP contribution < -0.4 is 0 Å². The van der Waals surface area contributed by atoms with E-state index < -0.39 is 12.2 Å². The van der Waals surface area contributed by atoms with Crippen molar-refractivity contribution in [3.63, 3.8) is 0 Å². The van der Waals surface area contributed by atoms with Gasteiger partial charge in [-0.1, -0.05) is 0 Å². The first kappa shape index (κ1) is 8.81. The number of likely N-dealkylation sites (tertiary alicyclic amines) is 1. The Bertz CT molecular complexity index is 223. The molecule has 66 valence electrons. The van der Waals surface area contributed by atoms with Gasteiger partial charge in [0.15, 0.2) is 0 Å². The number of nitrogens with zero attached hydrogens (tertiary/aromatic N) is 2. The average molecular weight is 170 g/mol. The molecule has 1 fully saturated rings. The van der Waals surface area contributed by atoms with Crippen molar-refractivity contribution in [2.75, 3.05) is 6.54 Å². The molecule has 1 saturated heterocycles. The van der Waals surface area contributed by atoms with Gasteiger partial charge >= 0.3 is 6.09 Å². The lowest BCUT2D eigenvalue weighted by molar-refractivity contribution is 0.131. The molecule has 0 saturated carbocycles. The Morgan fingerprint density at radius 1 is 1.75 bits per heavy atom. The Morgan fingerprint density at radius 2 is 2.42 bits per heavy atom. The topological polar surface area (TPSA) is 84.6 Å². The van der Waals surface area contributed by atoms with Crippen LogP contribution in [-0.2, 0) is 0 Å². The molecule has 5 nitrogen and oxygen atoms in total. The quantitative estimate of drug-likeness (QED) is 0.580. The van der Waals surface area contributed by atoms with Gasteiger partial charge in [-0.15, -0.1) is 0 Å². The highest BCUT2D eigenvalue weighted by molar-refractivity contribution is 5.66. The molecule has 0 spiro atoms. The number of hydrogen-bond acceptors (Lipinski definition) is 3. The lowest BCUT2D eigenvalue weighted by Gasteiger charge is -2.17. The predicted octanol–water partition coefficient (Wildman–Crippen LogP) is 0.0133. The van der Waals surface area contributed by atoms with E-state index in [1.807, 2.05) is 6.07 Å². The molecule has 12 heavy (non-hydrogen) atoms. The maximum atomic E-state index is 10.5. The van der Waals surface area contributed by atoms with Crippen LogP contribution in [0.25, 0.3) is 0 Å². The molecule has 0 bridgehead atoms. The molecule has 2 N–H and O–H groups in total. The Labute approximate surface area is 69.8 Å². The molecule has 5 heteroatoms. The normalized spacial score (nSPS) is 28.5. The molecule has 1 amide bonds. The molecule has 1 aliphatic rings. The Balaban J connectivity index is 2.60. The van der Waals surface area contributed by atoms with E-state index in [0.717, 1.165) is 4.90 Å². The Morgan fingerprint density at radius 3 is 2.92 bits per heavy atom. The van der Waals surface area contributed by atoms with E-state index >= 15 is 0 Å². The molecule has 0 unspecified atom stereocenters. The van der Waals surface area contributed by atoms with Gasteiger partial charge in [0.25, 0.3) is 0 Å². The molecule has 0 aliphatic carbocycles. The third-order valence-electron chi connectivity index (χ3n) is 1.96. The second kappa shape index (κ2) is 3.41. The third kappa shape index (κ3) is 1.66. The maximum absolute atomic E-state index is 10.5. The second-order valence-corrected chi connectivity index (χ2v) is 2.84. The minimum atomic E-state index is -1.06. The summed E-state index contributed by atoms with van der Waals surface area (Å²) in [6.45, 7) is 0.127. The van der Waals surface area contributed by atoms with Crippen LogP contribution in [0.5, 0.6) is 0 Å². The lowest BCUT2D eigenvalue weighted by atomic mass is 10.1. The molecular weight excluding hydrogens is 160 g/mol. The minimum Gasteiger partial charge on any atom is -0.465 e. The fourth-order valence-electron chi connectivity index (χ4n) is 1.43. The largest absolute Gasteiger partial charge is 0.465 e. The fourth-order valence-corrected chi connectivity index (χ4v) is 1.43. The molecule has 1 rings (SSSR count). The van der Waals surface area contributed by atoms with E-state index in [-0.39, 0.29) is 19.0 Å². The first-order valence-electron chi connectivity index (χ1n) is 3.69. The molecule has 0 radical (unpaired) electrons. The number of nitriles is 1. The van der Waals surface area contributed by atoms with Gasteiger partial charge in [0.05, 0.1) is 31.2 Å². The first-order valence-corrected chi connectivity index (χ1v) is 3.69. The highest BCUT2D eigenvalue weighted by Crippen LogP contribution is 2.19. The van der Waals surface area contributed by atoms with Crippen LogP contribution >= 0.6 is 0 Å². The summed E-state index contributed by atoms with van der Waals surface area (Å²) < 4.78 is 0. The average Bonchev–Trinajstić information content (AvgIpc) is 2.32.